The van der Waals surface area contributed by atoms with Crippen LogP contribution in [-0.2, 0) is 19.1 Å². The Bertz CT molecular complexity index is 613. The van der Waals surface area contributed by atoms with Gasteiger partial charge in [0.15, 0.2) is 13.5 Å². The first-order chi connectivity index (χ1) is 11.8. The van der Waals surface area contributed by atoms with Gasteiger partial charge in [0, 0.05) is 11.1 Å². The minimum atomic E-state index is -0.569. The summed E-state index contributed by atoms with van der Waals surface area (Å²) in [6.45, 7) is 9.15. The third kappa shape index (κ3) is 7.26. The Morgan fingerprint density at radius 1 is 0.880 bits per heavy atom. The molecule has 1 rings (SSSR count). The molecule has 1 aromatic heterocycles. The number of aliphatic hydroxyl groups excluding tert-OH is 1. The third-order valence-electron chi connectivity index (χ3n) is 2.44. The molecule has 1 heterocycles. The highest BCUT2D eigenvalue weighted by atomic mass is 16.5. The number of aromatic nitrogens is 3. The fourth-order valence-electron chi connectivity index (χ4n) is 1.26. The van der Waals surface area contributed by atoms with E-state index in [4.69, 9.17) is 14.6 Å². The van der Waals surface area contributed by atoms with Gasteiger partial charge < -0.3 is 30.5 Å². The van der Waals surface area contributed by atoms with Gasteiger partial charge in [-0.15, -0.1) is 0 Å². The van der Waals surface area contributed by atoms with Crippen LogP contribution >= 0.6 is 0 Å². The smallest absolute Gasteiger partial charge is 0.334 e. The number of carbonyl (C=O) groups excluding carboxylic acids is 2. The van der Waals surface area contributed by atoms with E-state index in [1.807, 2.05) is 0 Å². The third-order valence-corrected chi connectivity index (χ3v) is 2.44. The van der Waals surface area contributed by atoms with Gasteiger partial charge in [0.05, 0.1) is 0 Å². The first-order valence-corrected chi connectivity index (χ1v) is 7.07. The Hall–Kier alpha value is -3.21. The molecule has 0 bridgehead atoms. The van der Waals surface area contributed by atoms with Gasteiger partial charge in [-0.1, -0.05) is 13.2 Å². The lowest BCUT2D eigenvalue weighted by Gasteiger charge is -2.11. The number of hydrogen-bond donors (Lipinski definition) is 4. The van der Waals surface area contributed by atoms with E-state index in [0.29, 0.717) is 0 Å². The Morgan fingerprint density at radius 2 is 1.24 bits per heavy atom. The number of esters is 2. The largest absolute Gasteiger partial charge is 0.441 e. The highest BCUT2D eigenvalue weighted by Gasteiger charge is 2.09. The first-order valence-electron chi connectivity index (χ1n) is 7.07. The number of carbonyl (C=O) groups is 2. The first kappa shape index (κ1) is 19.8. The van der Waals surface area contributed by atoms with Gasteiger partial charge in [0.2, 0.25) is 17.8 Å². The minimum absolute atomic E-state index is 0.0555. The van der Waals surface area contributed by atoms with Gasteiger partial charge in [-0.2, -0.15) is 15.0 Å². The number of anilines is 3. The Kier molecular flexibility index (Phi) is 7.79. The van der Waals surface area contributed by atoms with Gasteiger partial charge >= 0.3 is 11.9 Å². The average Bonchev–Trinajstić information content (AvgIpc) is 2.54. The maximum Gasteiger partial charge on any atom is 0.334 e. The lowest BCUT2D eigenvalue weighted by atomic mass is 10.4. The Labute approximate surface area is 144 Å². The van der Waals surface area contributed by atoms with Crippen LogP contribution in [-0.4, -0.2) is 52.2 Å². The van der Waals surface area contributed by atoms with Crippen molar-refractivity contribution in [1.29, 1.82) is 0 Å². The molecule has 0 spiro atoms. The van der Waals surface area contributed by atoms with Gasteiger partial charge in [0.1, 0.15) is 6.73 Å². The summed E-state index contributed by atoms with van der Waals surface area (Å²) < 4.78 is 9.73. The molecule has 0 saturated heterocycles. The second-order valence-corrected chi connectivity index (χ2v) is 4.71. The molecule has 0 fully saturated rings. The summed E-state index contributed by atoms with van der Waals surface area (Å²) in [6, 6.07) is 0. The molecule has 0 atom stereocenters. The molecular weight excluding hydrogens is 332 g/mol. The van der Waals surface area contributed by atoms with Crippen molar-refractivity contribution < 1.29 is 24.2 Å². The number of nitrogens with one attached hydrogen (secondary N) is 3. The molecule has 11 heteroatoms. The SMILES string of the molecule is C=C(C)C(=O)OCNc1nc(NCO)nc(NCOC(=O)C(=C)C)n1. The van der Waals surface area contributed by atoms with Gasteiger partial charge in [-0.25, -0.2) is 9.59 Å². The fraction of sp³-hybridized carbons (Fsp3) is 0.357. The molecule has 0 saturated carbocycles. The summed E-state index contributed by atoms with van der Waals surface area (Å²) in [7, 11) is 0. The zero-order chi connectivity index (χ0) is 18.8. The highest BCUT2D eigenvalue weighted by molar-refractivity contribution is 5.87. The number of ether oxygens (including phenoxy) is 2. The molecule has 11 nitrogen and oxygen atoms in total. The molecule has 0 aliphatic carbocycles. The van der Waals surface area contributed by atoms with E-state index >= 15 is 0 Å². The van der Waals surface area contributed by atoms with Crippen LogP contribution in [0.15, 0.2) is 24.3 Å². The van der Waals surface area contributed by atoms with Crippen LogP contribution in [0, 0.1) is 0 Å². The predicted octanol–water partition coefficient (Wildman–Crippen LogP) is 0.211. The average molecular weight is 352 g/mol. The van der Waals surface area contributed by atoms with Crippen LogP contribution in [0.2, 0.25) is 0 Å². The zero-order valence-corrected chi connectivity index (χ0v) is 14.0. The van der Waals surface area contributed by atoms with Crippen molar-refractivity contribution >= 4 is 29.8 Å². The van der Waals surface area contributed by atoms with Crippen LogP contribution in [0.5, 0.6) is 0 Å². The standard InChI is InChI=1S/C14H20N6O5/c1-8(2)10(22)24-6-16-13-18-12(15-5-21)19-14(20-13)17-7-25-11(23)9(3)4/h21H,1,3,5-7H2,2,4H3,(H3,15,16,17,18,19,20). The predicted molar refractivity (Wildman–Crippen MR) is 89.3 cm³/mol. The summed E-state index contributed by atoms with van der Waals surface area (Å²) in [6.07, 6.45) is 0. The molecule has 0 aliphatic heterocycles. The van der Waals surface area contributed by atoms with E-state index in [-0.39, 0.29) is 42.5 Å². The molecule has 0 amide bonds. The maximum atomic E-state index is 11.3. The number of aliphatic hydroxyl groups is 1. The van der Waals surface area contributed by atoms with Crippen LogP contribution in [0.25, 0.3) is 0 Å². The quantitative estimate of drug-likeness (QED) is 0.260. The minimum Gasteiger partial charge on any atom is -0.441 e. The van der Waals surface area contributed by atoms with Crippen LogP contribution in [0.1, 0.15) is 13.8 Å². The molecule has 0 radical (unpaired) electrons. The van der Waals surface area contributed by atoms with E-state index in [2.05, 4.69) is 44.1 Å². The molecule has 0 unspecified atom stereocenters. The molecule has 4 N–H and O–H groups in total. The highest BCUT2D eigenvalue weighted by Crippen LogP contribution is 2.09. The molecular formula is C14H20N6O5. The van der Waals surface area contributed by atoms with E-state index in [1.54, 1.807) is 0 Å². The van der Waals surface area contributed by atoms with E-state index in [9.17, 15) is 9.59 Å². The lowest BCUT2D eigenvalue weighted by molar-refractivity contribution is -0.139. The van der Waals surface area contributed by atoms with E-state index in [0.717, 1.165) is 0 Å². The molecule has 1 aromatic rings. The van der Waals surface area contributed by atoms with Crippen molar-refractivity contribution in [3.05, 3.63) is 24.3 Å². The molecule has 0 aromatic carbocycles. The van der Waals surface area contributed by atoms with Gasteiger partial charge in [0.25, 0.3) is 0 Å². The lowest BCUT2D eigenvalue weighted by Crippen LogP contribution is -2.18. The summed E-state index contributed by atoms with van der Waals surface area (Å²) in [5, 5.41) is 16.7. The Balaban J connectivity index is 2.69. The van der Waals surface area contributed by atoms with Gasteiger partial charge in [-0.3, -0.25) is 0 Å². The van der Waals surface area contributed by atoms with Crippen LogP contribution in [0.3, 0.4) is 0 Å². The van der Waals surface area contributed by atoms with E-state index in [1.165, 1.54) is 13.8 Å². The monoisotopic (exact) mass is 352 g/mol. The summed E-state index contributed by atoms with van der Waals surface area (Å²) in [5.74, 6) is -0.955. The van der Waals surface area contributed by atoms with Crippen LogP contribution in [0.4, 0.5) is 17.8 Å². The number of hydrogen-bond acceptors (Lipinski definition) is 11. The zero-order valence-electron chi connectivity index (χ0n) is 14.0. The maximum absolute atomic E-state index is 11.3. The van der Waals surface area contributed by atoms with Gasteiger partial charge in [-0.05, 0) is 13.8 Å². The molecule has 136 valence electrons. The van der Waals surface area contributed by atoms with Crippen molar-refractivity contribution in [2.45, 2.75) is 13.8 Å². The van der Waals surface area contributed by atoms with Crippen molar-refractivity contribution in [2.24, 2.45) is 0 Å². The normalized spacial score (nSPS) is 9.72. The summed E-state index contributed by atoms with van der Waals surface area (Å²) in [4.78, 5) is 34.5. The molecule has 0 aliphatic rings. The van der Waals surface area contributed by atoms with Crippen molar-refractivity contribution in [3.63, 3.8) is 0 Å². The summed E-state index contributed by atoms with van der Waals surface area (Å²) in [5.41, 5.74) is 0.503. The summed E-state index contributed by atoms with van der Waals surface area (Å²) >= 11 is 0. The van der Waals surface area contributed by atoms with Crippen molar-refractivity contribution in [3.8, 4) is 0 Å². The van der Waals surface area contributed by atoms with E-state index < -0.39 is 18.7 Å². The topological polar surface area (TPSA) is 148 Å². The number of rotatable bonds is 10. The van der Waals surface area contributed by atoms with Crippen LogP contribution < -0.4 is 16.0 Å². The van der Waals surface area contributed by atoms with Crippen molar-refractivity contribution in [2.75, 3.05) is 36.1 Å². The second-order valence-electron chi connectivity index (χ2n) is 4.71. The van der Waals surface area contributed by atoms with Crippen molar-refractivity contribution in [1.82, 2.24) is 15.0 Å². The molecule has 25 heavy (non-hydrogen) atoms. The Morgan fingerprint density at radius 3 is 1.56 bits per heavy atom. The number of nitrogens with zero attached hydrogens (tertiary/aromatic N) is 3. The second kappa shape index (κ2) is 9.82. The fourth-order valence-corrected chi connectivity index (χ4v) is 1.26.